The van der Waals surface area contributed by atoms with Crippen LogP contribution in [0.25, 0.3) is 0 Å². The first-order valence-corrected chi connectivity index (χ1v) is 11.0. The largest absolute Gasteiger partial charge is 0.325 e. The molecule has 5 nitrogen and oxygen atoms in total. The molecule has 1 saturated carbocycles. The molecule has 6 heteroatoms. The molecule has 0 bridgehead atoms. The summed E-state index contributed by atoms with van der Waals surface area (Å²) in [4.78, 5) is 12.2. The highest BCUT2D eigenvalue weighted by molar-refractivity contribution is 7.99. The van der Waals surface area contributed by atoms with Crippen LogP contribution < -0.4 is 5.32 Å². The number of nitrogens with one attached hydrogen (secondary N) is 1. The monoisotopic (exact) mass is 386 g/mol. The van der Waals surface area contributed by atoms with Crippen LogP contribution in [-0.2, 0) is 24.7 Å². The lowest BCUT2D eigenvalue weighted by atomic mass is 9.86. The Morgan fingerprint density at radius 2 is 1.93 bits per heavy atom. The lowest BCUT2D eigenvalue weighted by Gasteiger charge is -2.20. The lowest BCUT2D eigenvalue weighted by molar-refractivity contribution is -0.113. The number of aromatic nitrogens is 3. The maximum absolute atomic E-state index is 12.2. The first-order valence-electron chi connectivity index (χ1n) is 10.1. The van der Waals surface area contributed by atoms with Gasteiger partial charge in [0, 0.05) is 19.2 Å². The molecule has 0 spiro atoms. The second kappa shape index (κ2) is 9.93. The van der Waals surface area contributed by atoms with Gasteiger partial charge in [0.2, 0.25) is 5.91 Å². The van der Waals surface area contributed by atoms with Gasteiger partial charge in [0.15, 0.2) is 5.16 Å². The number of hydrogen-bond donors (Lipinski definition) is 1. The topological polar surface area (TPSA) is 59.8 Å². The highest BCUT2D eigenvalue weighted by atomic mass is 32.2. The van der Waals surface area contributed by atoms with E-state index in [2.05, 4.69) is 22.4 Å². The molecule has 1 heterocycles. The summed E-state index contributed by atoms with van der Waals surface area (Å²) in [6.45, 7) is 2.12. The Balaban J connectivity index is 1.45. The molecule has 1 aromatic heterocycles. The highest BCUT2D eigenvalue weighted by Crippen LogP contribution is 2.27. The number of carbonyl (C=O) groups excluding carboxylic acids is 1. The second-order valence-corrected chi connectivity index (χ2v) is 8.33. The van der Waals surface area contributed by atoms with Crippen LogP contribution in [0.1, 0.15) is 56.8 Å². The number of hydrogen-bond acceptors (Lipinski definition) is 4. The van der Waals surface area contributed by atoms with Gasteiger partial charge in [-0.05, 0) is 36.5 Å². The van der Waals surface area contributed by atoms with Crippen molar-refractivity contribution < 1.29 is 4.79 Å². The molecule has 1 N–H and O–H groups in total. The number of nitrogens with zero attached hydrogens (tertiary/aromatic N) is 3. The van der Waals surface area contributed by atoms with Crippen molar-refractivity contribution in [3.8, 4) is 0 Å². The second-order valence-electron chi connectivity index (χ2n) is 7.39. The minimum absolute atomic E-state index is 0.0176. The average molecular weight is 387 g/mol. The molecule has 1 amide bonds. The zero-order valence-electron chi connectivity index (χ0n) is 16.4. The maximum atomic E-state index is 12.2. The number of anilines is 1. The number of carbonyl (C=O) groups is 1. The van der Waals surface area contributed by atoms with Gasteiger partial charge in [-0.3, -0.25) is 4.79 Å². The summed E-state index contributed by atoms with van der Waals surface area (Å²) < 4.78 is 2.04. The van der Waals surface area contributed by atoms with Crippen LogP contribution in [0.4, 0.5) is 5.69 Å². The van der Waals surface area contributed by atoms with Gasteiger partial charge in [-0.1, -0.05) is 62.9 Å². The molecule has 1 aliphatic rings. The summed E-state index contributed by atoms with van der Waals surface area (Å²) in [7, 11) is 2.00. The predicted octanol–water partition coefficient (Wildman–Crippen LogP) is 4.62. The fraction of sp³-hybridized carbons (Fsp3) is 0.571. The van der Waals surface area contributed by atoms with Crippen molar-refractivity contribution in [1.82, 2.24) is 14.8 Å². The Labute approximate surface area is 166 Å². The van der Waals surface area contributed by atoms with E-state index < -0.39 is 0 Å². The molecule has 27 heavy (non-hydrogen) atoms. The number of amides is 1. The molecule has 0 unspecified atom stereocenters. The Morgan fingerprint density at radius 3 is 2.63 bits per heavy atom. The van der Waals surface area contributed by atoms with E-state index in [1.807, 2.05) is 35.9 Å². The van der Waals surface area contributed by atoms with Crippen molar-refractivity contribution >= 4 is 23.4 Å². The third kappa shape index (κ3) is 5.83. The van der Waals surface area contributed by atoms with Crippen molar-refractivity contribution in [2.45, 2.75) is 63.4 Å². The standard InChI is InChI=1S/C21H30N4OS/c1-3-16-9-12-18(13-10-16)22-20(26)15-27-21-24-23-19(25(21)2)14-11-17-7-5-4-6-8-17/h9-10,12-13,17H,3-8,11,14-15H2,1-2H3,(H,22,26). The smallest absolute Gasteiger partial charge is 0.234 e. The summed E-state index contributed by atoms with van der Waals surface area (Å²) >= 11 is 1.44. The van der Waals surface area contributed by atoms with Gasteiger partial charge in [-0.2, -0.15) is 0 Å². The van der Waals surface area contributed by atoms with E-state index in [0.29, 0.717) is 5.75 Å². The first kappa shape index (κ1) is 19.9. The molecular formula is C21H30N4OS. The number of rotatable bonds is 8. The van der Waals surface area contributed by atoms with Crippen LogP contribution >= 0.6 is 11.8 Å². The van der Waals surface area contributed by atoms with Gasteiger partial charge < -0.3 is 9.88 Å². The van der Waals surface area contributed by atoms with Crippen LogP contribution in [0.15, 0.2) is 29.4 Å². The Morgan fingerprint density at radius 1 is 1.19 bits per heavy atom. The van der Waals surface area contributed by atoms with E-state index >= 15 is 0 Å². The van der Waals surface area contributed by atoms with Gasteiger partial charge in [0.05, 0.1) is 5.75 Å². The fourth-order valence-corrected chi connectivity index (χ4v) is 4.38. The zero-order chi connectivity index (χ0) is 19.1. The molecule has 1 fully saturated rings. The summed E-state index contributed by atoms with van der Waals surface area (Å²) in [5.74, 6) is 2.19. The molecule has 2 aromatic rings. The fourth-order valence-electron chi connectivity index (χ4n) is 3.65. The highest BCUT2D eigenvalue weighted by Gasteiger charge is 2.16. The van der Waals surface area contributed by atoms with Gasteiger partial charge in [0.1, 0.15) is 5.82 Å². The van der Waals surface area contributed by atoms with Crippen molar-refractivity contribution in [2.24, 2.45) is 13.0 Å². The van der Waals surface area contributed by atoms with Crippen LogP contribution in [0.5, 0.6) is 0 Å². The number of thioether (sulfide) groups is 1. The molecule has 0 atom stereocenters. The van der Waals surface area contributed by atoms with Crippen molar-refractivity contribution in [1.29, 1.82) is 0 Å². The summed E-state index contributed by atoms with van der Waals surface area (Å²) in [5.41, 5.74) is 2.10. The Hall–Kier alpha value is -1.82. The summed E-state index contributed by atoms with van der Waals surface area (Å²) in [6.07, 6.45) is 10.0. The first-order chi connectivity index (χ1) is 13.2. The summed E-state index contributed by atoms with van der Waals surface area (Å²) in [6, 6.07) is 7.99. The van der Waals surface area contributed by atoms with E-state index in [1.165, 1.54) is 55.9 Å². The van der Waals surface area contributed by atoms with Gasteiger partial charge in [-0.15, -0.1) is 10.2 Å². The van der Waals surface area contributed by atoms with E-state index in [9.17, 15) is 4.79 Å². The molecule has 0 aliphatic heterocycles. The molecule has 0 saturated heterocycles. The minimum Gasteiger partial charge on any atom is -0.325 e. The van der Waals surface area contributed by atoms with Gasteiger partial charge in [-0.25, -0.2) is 0 Å². The van der Waals surface area contributed by atoms with Crippen molar-refractivity contribution in [3.05, 3.63) is 35.7 Å². The molecule has 146 valence electrons. The Bertz CT molecular complexity index is 735. The zero-order valence-corrected chi connectivity index (χ0v) is 17.2. The summed E-state index contributed by atoms with van der Waals surface area (Å²) in [5, 5.41) is 12.4. The SMILES string of the molecule is CCc1ccc(NC(=O)CSc2nnc(CCC3CCCCC3)n2C)cc1. The predicted molar refractivity (Wildman–Crippen MR) is 111 cm³/mol. The molecule has 1 aliphatic carbocycles. The van der Waals surface area contributed by atoms with Gasteiger partial charge >= 0.3 is 0 Å². The van der Waals surface area contributed by atoms with E-state index in [1.54, 1.807) is 0 Å². The van der Waals surface area contributed by atoms with E-state index in [-0.39, 0.29) is 5.91 Å². The molecule has 0 radical (unpaired) electrons. The molecule has 3 rings (SSSR count). The van der Waals surface area contributed by atoms with E-state index in [4.69, 9.17) is 0 Å². The van der Waals surface area contributed by atoms with Gasteiger partial charge in [0.25, 0.3) is 0 Å². The lowest BCUT2D eigenvalue weighted by Crippen LogP contribution is -2.14. The third-order valence-electron chi connectivity index (χ3n) is 5.40. The van der Waals surface area contributed by atoms with Crippen LogP contribution in [0.2, 0.25) is 0 Å². The van der Waals surface area contributed by atoms with E-state index in [0.717, 1.165) is 35.4 Å². The van der Waals surface area contributed by atoms with Crippen LogP contribution in [0.3, 0.4) is 0 Å². The minimum atomic E-state index is -0.0176. The normalized spacial score (nSPS) is 15.0. The Kier molecular flexibility index (Phi) is 7.33. The van der Waals surface area contributed by atoms with Crippen molar-refractivity contribution in [3.63, 3.8) is 0 Å². The van der Waals surface area contributed by atoms with Crippen LogP contribution in [-0.4, -0.2) is 26.4 Å². The maximum Gasteiger partial charge on any atom is 0.234 e. The third-order valence-corrected chi connectivity index (χ3v) is 6.42. The average Bonchev–Trinajstić information content (AvgIpc) is 3.06. The van der Waals surface area contributed by atoms with Crippen LogP contribution in [0, 0.1) is 5.92 Å². The molecule has 1 aromatic carbocycles. The number of benzene rings is 1. The number of aryl methyl sites for hydroxylation is 2. The quantitative estimate of drug-likeness (QED) is 0.673. The van der Waals surface area contributed by atoms with Crippen molar-refractivity contribution in [2.75, 3.05) is 11.1 Å². The molecular weight excluding hydrogens is 356 g/mol.